The Bertz CT molecular complexity index is 229. The number of nitrogens with zero attached hydrogens (tertiary/aromatic N) is 2. The summed E-state index contributed by atoms with van der Waals surface area (Å²) in [5.74, 6) is 0.152. The molecule has 0 radical (unpaired) electrons. The molecule has 4 nitrogen and oxygen atoms in total. The van der Waals surface area contributed by atoms with Gasteiger partial charge in [-0.15, -0.1) is 0 Å². The average molecular weight is 139 g/mol. The maximum atomic E-state index is 11.0. The summed E-state index contributed by atoms with van der Waals surface area (Å²) in [5, 5.41) is 0. The number of aliphatic imine (C=N–C) groups is 2. The number of hydrogen-bond donors (Lipinski definition) is 1. The minimum atomic E-state index is -0.350. The van der Waals surface area contributed by atoms with Crippen LogP contribution >= 0.6 is 0 Å². The normalized spacial score (nSPS) is 25.8. The fraction of sp³-hybridized carbons (Fsp3) is 0.500. The molecule has 1 unspecified atom stereocenters. The number of Topliss-reactive ketones (excluding diaryl/α,β-unsaturated/α-hetero) is 1. The van der Waals surface area contributed by atoms with Crippen molar-refractivity contribution in [2.45, 2.75) is 19.9 Å². The molecule has 10 heavy (non-hydrogen) atoms. The highest BCUT2D eigenvalue weighted by molar-refractivity contribution is 6.43. The minimum absolute atomic E-state index is 0.0470. The van der Waals surface area contributed by atoms with E-state index < -0.39 is 0 Å². The Morgan fingerprint density at radius 2 is 2.20 bits per heavy atom. The highest BCUT2D eigenvalue weighted by atomic mass is 16.1. The Morgan fingerprint density at radius 1 is 1.60 bits per heavy atom. The van der Waals surface area contributed by atoms with E-state index in [4.69, 9.17) is 5.73 Å². The van der Waals surface area contributed by atoms with E-state index in [-0.39, 0.29) is 17.8 Å². The van der Waals surface area contributed by atoms with Gasteiger partial charge in [-0.25, -0.2) is 9.98 Å². The van der Waals surface area contributed by atoms with Gasteiger partial charge in [-0.3, -0.25) is 4.79 Å². The zero-order valence-electron chi connectivity index (χ0n) is 5.96. The quantitative estimate of drug-likeness (QED) is 0.502. The van der Waals surface area contributed by atoms with Crippen LogP contribution in [0, 0.1) is 0 Å². The fourth-order valence-corrected chi connectivity index (χ4v) is 0.815. The number of hydrogen-bond acceptors (Lipinski definition) is 4. The smallest absolute Gasteiger partial charge is 0.216 e. The number of carbonyl (C=O) groups is 1. The molecule has 0 saturated carbocycles. The molecule has 1 aliphatic rings. The zero-order valence-corrected chi connectivity index (χ0v) is 5.96. The highest BCUT2D eigenvalue weighted by Crippen LogP contribution is 2.00. The fourth-order valence-electron chi connectivity index (χ4n) is 0.815. The van der Waals surface area contributed by atoms with Crippen LogP contribution in [0.25, 0.3) is 0 Å². The summed E-state index contributed by atoms with van der Waals surface area (Å²) >= 11 is 0. The molecule has 0 aromatic heterocycles. The molecule has 2 N–H and O–H groups in total. The van der Waals surface area contributed by atoms with Crippen molar-refractivity contribution in [2.75, 3.05) is 0 Å². The lowest BCUT2D eigenvalue weighted by Crippen LogP contribution is -2.31. The molecule has 0 spiro atoms. The summed E-state index contributed by atoms with van der Waals surface area (Å²) in [6.07, 6.45) is 0. The molecular weight excluding hydrogens is 130 g/mol. The van der Waals surface area contributed by atoms with Gasteiger partial charge in [0.15, 0.2) is 0 Å². The molecule has 0 aromatic carbocycles. The summed E-state index contributed by atoms with van der Waals surface area (Å²) in [6.45, 7) is 3.34. The minimum Gasteiger partial charge on any atom is -0.368 e. The van der Waals surface area contributed by atoms with Gasteiger partial charge in [-0.2, -0.15) is 0 Å². The van der Waals surface area contributed by atoms with Crippen LogP contribution in [0.15, 0.2) is 9.98 Å². The number of rotatable bonds is 0. The van der Waals surface area contributed by atoms with E-state index in [1.807, 2.05) is 0 Å². The van der Waals surface area contributed by atoms with E-state index in [1.165, 1.54) is 0 Å². The lowest BCUT2D eigenvalue weighted by molar-refractivity contribution is -0.113. The van der Waals surface area contributed by atoms with Crippen molar-refractivity contribution in [2.24, 2.45) is 15.7 Å². The lowest BCUT2D eigenvalue weighted by atomic mass is 10.1. The second-order valence-corrected chi connectivity index (χ2v) is 2.22. The molecule has 1 aliphatic heterocycles. The largest absolute Gasteiger partial charge is 0.368 e. The SMILES string of the molecule is CC1=NC(N)=NC(C)C1=O. The Balaban J connectivity index is 2.95. The first kappa shape index (κ1) is 6.92. The number of ketones is 1. The van der Waals surface area contributed by atoms with E-state index in [9.17, 15) is 4.79 Å². The highest BCUT2D eigenvalue weighted by Gasteiger charge is 2.19. The summed E-state index contributed by atoms with van der Waals surface area (Å²) in [6, 6.07) is -0.350. The van der Waals surface area contributed by atoms with Crippen molar-refractivity contribution in [3.63, 3.8) is 0 Å². The van der Waals surface area contributed by atoms with Crippen LogP contribution in [0.5, 0.6) is 0 Å². The van der Waals surface area contributed by atoms with Crippen molar-refractivity contribution < 1.29 is 4.79 Å². The summed E-state index contributed by atoms with van der Waals surface area (Å²) < 4.78 is 0. The van der Waals surface area contributed by atoms with Gasteiger partial charge in [0.2, 0.25) is 11.7 Å². The number of carbonyl (C=O) groups excluding carboxylic acids is 1. The van der Waals surface area contributed by atoms with Gasteiger partial charge in [0.1, 0.15) is 6.04 Å². The second kappa shape index (κ2) is 2.21. The molecule has 0 fully saturated rings. The Labute approximate surface area is 58.9 Å². The van der Waals surface area contributed by atoms with Crippen LogP contribution < -0.4 is 5.73 Å². The van der Waals surface area contributed by atoms with E-state index in [0.29, 0.717) is 5.71 Å². The van der Waals surface area contributed by atoms with Gasteiger partial charge in [-0.05, 0) is 13.8 Å². The van der Waals surface area contributed by atoms with Crippen LogP contribution in [0.3, 0.4) is 0 Å². The van der Waals surface area contributed by atoms with Crippen molar-refractivity contribution in [3.05, 3.63) is 0 Å². The first-order chi connectivity index (χ1) is 4.61. The van der Waals surface area contributed by atoms with Crippen LogP contribution in [0.1, 0.15) is 13.8 Å². The maximum Gasteiger partial charge on any atom is 0.216 e. The van der Waals surface area contributed by atoms with E-state index in [1.54, 1.807) is 13.8 Å². The van der Waals surface area contributed by atoms with Gasteiger partial charge in [0.25, 0.3) is 0 Å². The van der Waals surface area contributed by atoms with Crippen LogP contribution in [0.2, 0.25) is 0 Å². The van der Waals surface area contributed by atoms with Gasteiger partial charge < -0.3 is 5.73 Å². The van der Waals surface area contributed by atoms with Gasteiger partial charge in [0.05, 0.1) is 5.71 Å². The molecule has 4 heteroatoms. The van der Waals surface area contributed by atoms with E-state index >= 15 is 0 Å². The second-order valence-electron chi connectivity index (χ2n) is 2.22. The molecule has 54 valence electrons. The van der Waals surface area contributed by atoms with Gasteiger partial charge >= 0.3 is 0 Å². The lowest BCUT2D eigenvalue weighted by Gasteiger charge is -2.09. The molecule has 1 rings (SSSR count). The van der Waals surface area contributed by atoms with Crippen molar-refractivity contribution >= 4 is 17.5 Å². The third-order valence-electron chi connectivity index (χ3n) is 1.34. The molecule has 0 saturated heterocycles. The number of guanidine groups is 1. The Morgan fingerprint density at radius 3 is 2.70 bits per heavy atom. The molecule has 0 aliphatic carbocycles. The molecule has 1 atom stereocenters. The van der Waals surface area contributed by atoms with Crippen LogP contribution in [0.4, 0.5) is 0 Å². The van der Waals surface area contributed by atoms with Gasteiger partial charge in [-0.1, -0.05) is 0 Å². The molecule has 0 aromatic rings. The Kier molecular flexibility index (Phi) is 1.53. The van der Waals surface area contributed by atoms with Crippen LogP contribution in [-0.4, -0.2) is 23.5 Å². The summed E-state index contributed by atoms with van der Waals surface area (Å²) in [5.41, 5.74) is 5.73. The van der Waals surface area contributed by atoms with Crippen molar-refractivity contribution in [1.82, 2.24) is 0 Å². The molecule has 0 bridgehead atoms. The third-order valence-corrected chi connectivity index (χ3v) is 1.34. The standard InChI is InChI=1S/C6H9N3O/c1-3-5(10)4(2)9-6(7)8-3/h3H,1-2H3,(H2,7,8). The predicted octanol–water partition coefficient (Wildman–Crippen LogP) is -0.267. The molecule has 0 amide bonds. The van der Waals surface area contributed by atoms with Crippen LogP contribution in [-0.2, 0) is 4.79 Å². The molecule has 1 heterocycles. The molecular formula is C6H9N3O. The van der Waals surface area contributed by atoms with Gasteiger partial charge in [0, 0.05) is 0 Å². The monoisotopic (exact) mass is 139 g/mol. The third kappa shape index (κ3) is 1.05. The maximum absolute atomic E-state index is 11.0. The van der Waals surface area contributed by atoms with E-state index in [2.05, 4.69) is 9.98 Å². The van der Waals surface area contributed by atoms with Crippen molar-refractivity contribution in [3.8, 4) is 0 Å². The number of nitrogens with two attached hydrogens (primary N) is 1. The summed E-state index contributed by atoms with van der Waals surface area (Å²) in [4.78, 5) is 18.5. The van der Waals surface area contributed by atoms with Crippen molar-refractivity contribution in [1.29, 1.82) is 0 Å². The Hall–Kier alpha value is -1.19. The first-order valence-electron chi connectivity index (χ1n) is 3.04. The zero-order chi connectivity index (χ0) is 7.72. The van der Waals surface area contributed by atoms with E-state index in [0.717, 1.165) is 0 Å². The average Bonchev–Trinajstić information content (AvgIpc) is 1.82. The predicted molar refractivity (Wildman–Crippen MR) is 39.2 cm³/mol. The first-order valence-corrected chi connectivity index (χ1v) is 3.04. The topological polar surface area (TPSA) is 67.8 Å². The summed E-state index contributed by atoms with van der Waals surface area (Å²) in [7, 11) is 0.